The molecular weight excluding hydrogens is 418 g/mol. The molecule has 10 heteroatoms. The highest BCUT2D eigenvalue weighted by Crippen LogP contribution is 2.21. The highest BCUT2D eigenvalue weighted by atomic mass is 32.2. The second-order valence-electron chi connectivity index (χ2n) is 7.96. The molecule has 0 aliphatic carbocycles. The number of amides is 1. The summed E-state index contributed by atoms with van der Waals surface area (Å²) < 4.78 is 32.7. The van der Waals surface area contributed by atoms with Gasteiger partial charge in [0.1, 0.15) is 11.4 Å². The molecule has 3 rings (SSSR count). The van der Waals surface area contributed by atoms with Gasteiger partial charge in [0.15, 0.2) is 5.82 Å². The fourth-order valence-electron chi connectivity index (χ4n) is 2.59. The third-order valence-corrected chi connectivity index (χ3v) is 5.45. The van der Waals surface area contributed by atoms with E-state index in [9.17, 15) is 13.2 Å². The number of ether oxygens (including phenoxy) is 1. The van der Waals surface area contributed by atoms with Crippen molar-refractivity contribution >= 4 is 21.8 Å². The first-order valence-corrected chi connectivity index (χ1v) is 11.1. The molecule has 164 valence electrons. The molecule has 9 nitrogen and oxygen atoms in total. The van der Waals surface area contributed by atoms with Crippen LogP contribution in [0.2, 0.25) is 0 Å². The van der Waals surface area contributed by atoms with Crippen molar-refractivity contribution in [1.82, 2.24) is 20.5 Å². The number of benzene rings is 2. The van der Waals surface area contributed by atoms with E-state index in [2.05, 4.69) is 25.2 Å². The van der Waals surface area contributed by atoms with Crippen LogP contribution in [0.25, 0.3) is 11.4 Å². The quantitative estimate of drug-likeness (QED) is 0.534. The van der Waals surface area contributed by atoms with E-state index >= 15 is 0 Å². The van der Waals surface area contributed by atoms with Gasteiger partial charge in [-0.05, 0) is 64.1 Å². The number of carbonyl (C=O) groups is 1. The maximum atomic E-state index is 12.5. The van der Waals surface area contributed by atoms with Crippen molar-refractivity contribution in [3.8, 4) is 11.4 Å². The number of alkyl carbamates (subject to hydrolysis) is 1. The molecular formula is C21H25N5O4S. The SMILES string of the molecule is Cc1ccc(S(=O)(=O)Nc2ccc(-c3n[nH]c(CNC(=O)OC(C)(C)C)n3)cc2)cc1. The highest BCUT2D eigenvalue weighted by Gasteiger charge is 2.17. The van der Waals surface area contributed by atoms with Crippen LogP contribution in [0.4, 0.5) is 10.5 Å². The standard InChI is InChI=1S/C21H25N5O4S/c1-14-5-11-17(12-6-14)31(28,29)26-16-9-7-15(8-10-16)19-23-18(24-25-19)13-22-20(27)30-21(2,3)4/h5-12,26H,13H2,1-4H3,(H,22,27)(H,23,24,25). The molecule has 0 aliphatic rings. The summed E-state index contributed by atoms with van der Waals surface area (Å²) in [6.45, 7) is 7.37. The van der Waals surface area contributed by atoms with Gasteiger partial charge < -0.3 is 10.1 Å². The Balaban J connectivity index is 1.63. The molecule has 0 bridgehead atoms. The first-order chi connectivity index (χ1) is 14.5. The Morgan fingerprint density at radius 2 is 1.71 bits per heavy atom. The van der Waals surface area contributed by atoms with E-state index < -0.39 is 21.7 Å². The lowest BCUT2D eigenvalue weighted by Crippen LogP contribution is -2.32. The fourth-order valence-corrected chi connectivity index (χ4v) is 3.65. The second-order valence-corrected chi connectivity index (χ2v) is 9.64. The minimum atomic E-state index is -3.67. The summed E-state index contributed by atoms with van der Waals surface area (Å²) in [7, 11) is -3.67. The molecule has 1 amide bonds. The van der Waals surface area contributed by atoms with E-state index in [1.54, 1.807) is 69.3 Å². The predicted octanol–water partition coefficient (Wildman–Crippen LogP) is 3.61. The van der Waals surface area contributed by atoms with Crippen molar-refractivity contribution < 1.29 is 17.9 Å². The first-order valence-electron chi connectivity index (χ1n) is 9.60. The Labute approximate surface area is 181 Å². The third kappa shape index (κ3) is 6.29. The molecule has 2 aromatic carbocycles. The van der Waals surface area contributed by atoms with Crippen LogP contribution in [-0.4, -0.2) is 35.3 Å². The summed E-state index contributed by atoms with van der Waals surface area (Å²) in [4.78, 5) is 16.3. The number of anilines is 1. The summed E-state index contributed by atoms with van der Waals surface area (Å²) in [5.41, 5.74) is 1.51. The number of hydrogen-bond donors (Lipinski definition) is 3. The summed E-state index contributed by atoms with van der Waals surface area (Å²) in [5.74, 6) is 0.888. The van der Waals surface area contributed by atoms with Crippen molar-refractivity contribution in [2.45, 2.75) is 44.7 Å². The number of carbonyl (C=O) groups excluding carboxylic acids is 1. The Morgan fingerprint density at radius 3 is 2.32 bits per heavy atom. The summed E-state index contributed by atoms with van der Waals surface area (Å²) >= 11 is 0. The largest absolute Gasteiger partial charge is 0.444 e. The average Bonchev–Trinajstić information content (AvgIpc) is 3.15. The molecule has 0 atom stereocenters. The second kappa shape index (κ2) is 8.76. The van der Waals surface area contributed by atoms with Gasteiger partial charge in [-0.25, -0.2) is 18.2 Å². The molecule has 31 heavy (non-hydrogen) atoms. The van der Waals surface area contributed by atoms with Crippen LogP contribution in [0, 0.1) is 6.92 Å². The van der Waals surface area contributed by atoms with Gasteiger partial charge in [-0.1, -0.05) is 17.7 Å². The Bertz CT molecular complexity index is 1150. The van der Waals surface area contributed by atoms with Crippen LogP contribution in [0.1, 0.15) is 32.2 Å². The van der Waals surface area contributed by atoms with E-state index in [4.69, 9.17) is 4.74 Å². The normalized spacial score (nSPS) is 11.7. The lowest BCUT2D eigenvalue weighted by atomic mass is 10.2. The molecule has 0 radical (unpaired) electrons. The molecule has 0 unspecified atom stereocenters. The number of nitrogens with zero attached hydrogens (tertiary/aromatic N) is 2. The number of rotatable bonds is 6. The zero-order valence-electron chi connectivity index (χ0n) is 17.8. The number of sulfonamides is 1. The van der Waals surface area contributed by atoms with Crippen molar-refractivity contribution in [2.75, 3.05) is 4.72 Å². The zero-order chi connectivity index (χ0) is 22.6. The van der Waals surface area contributed by atoms with Gasteiger partial charge in [0.25, 0.3) is 10.0 Å². The maximum Gasteiger partial charge on any atom is 0.408 e. The number of aryl methyl sites for hydroxylation is 1. The van der Waals surface area contributed by atoms with Gasteiger partial charge in [-0.3, -0.25) is 9.82 Å². The topological polar surface area (TPSA) is 126 Å². The van der Waals surface area contributed by atoms with Crippen LogP contribution >= 0.6 is 0 Å². The van der Waals surface area contributed by atoms with Gasteiger partial charge in [0, 0.05) is 11.3 Å². The molecule has 3 aromatic rings. The average molecular weight is 444 g/mol. The molecule has 0 saturated carbocycles. The molecule has 0 fully saturated rings. The van der Waals surface area contributed by atoms with Gasteiger partial charge >= 0.3 is 6.09 Å². The van der Waals surface area contributed by atoms with E-state index in [-0.39, 0.29) is 11.4 Å². The van der Waals surface area contributed by atoms with E-state index in [1.807, 2.05) is 6.92 Å². The molecule has 1 aromatic heterocycles. The van der Waals surface area contributed by atoms with Crippen LogP contribution in [0.5, 0.6) is 0 Å². The molecule has 3 N–H and O–H groups in total. The van der Waals surface area contributed by atoms with Crippen molar-refractivity contribution in [3.05, 3.63) is 59.9 Å². The monoisotopic (exact) mass is 443 g/mol. The highest BCUT2D eigenvalue weighted by molar-refractivity contribution is 7.92. The van der Waals surface area contributed by atoms with Gasteiger partial charge in [0.05, 0.1) is 11.4 Å². The number of aromatic nitrogens is 3. The summed E-state index contributed by atoms with van der Waals surface area (Å²) in [6, 6.07) is 13.3. The van der Waals surface area contributed by atoms with Gasteiger partial charge in [-0.2, -0.15) is 5.10 Å². The van der Waals surface area contributed by atoms with E-state index in [1.165, 1.54) is 0 Å². The fraction of sp³-hybridized carbons (Fsp3) is 0.286. The summed E-state index contributed by atoms with van der Waals surface area (Å²) in [6.07, 6.45) is -0.546. The van der Waals surface area contributed by atoms with Crippen LogP contribution < -0.4 is 10.0 Å². The Hall–Kier alpha value is -3.40. The van der Waals surface area contributed by atoms with Gasteiger partial charge in [0.2, 0.25) is 0 Å². The lowest BCUT2D eigenvalue weighted by molar-refractivity contribution is 0.0522. The van der Waals surface area contributed by atoms with Crippen LogP contribution in [-0.2, 0) is 21.3 Å². The Morgan fingerprint density at radius 1 is 1.06 bits per heavy atom. The summed E-state index contributed by atoms with van der Waals surface area (Å²) in [5, 5.41) is 9.49. The predicted molar refractivity (Wildman–Crippen MR) is 117 cm³/mol. The maximum absolute atomic E-state index is 12.5. The van der Waals surface area contributed by atoms with Gasteiger partial charge in [-0.15, -0.1) is 0 Å². The number of hydrogen-bond acceptors (Lipinski definition) is 6. The molecule has 0 aliphatic heterocycles. The number of nitrogens with one attached hydrogen (secondary N) is 3. The van der Waals surface area contributed by atoms with E-state index in [0.29, 0.717) is 22.9 Å². The lowest BCUT2D eigenvalue weighted by Gasteiger charge is -2.19. The molecule has 1 heterocycles. The smallest absolute Gasteiger partial charge is 0.408 e. The van der Waals surface area contributed by atoms with Crippen LogP contribution in [0.15, 0.2) is 53.4 Å². The molecule has 0 spiro atoms. The number of H-pyrrole nitrogens is 1. The van der Waals surface area contributed by atoms with Crippen molar-refractivity contribution in [1.29, 1.82) is 0 Å². The molecule has 0 saturated heterocycles. The van der Waals surface area contributed by atoms with Crippen molar-refractivity contribution in [3.63, 3.8) is 0 Å². The zero-order valence-corrected chi connectivity index (χ0v) is 18.6. The van der Waals surface area contributed by atoms with Crippen LogP contribution in [0.3, 0.4) is 0 Å². The van der Waals surface area contributed by atoms with E-state index in [0.717, 1.165) is 5.56 Å². The number of aromatic amines is 1. The van der Waals surface area contributed by atoms with Crippen molar-refractivity contribution in [2.24, 2.45) is 0 Å². The minimum Gasteiger partial charge on any atom is -0.444 e. The minimum absolute atomic E-state index is 0.135. The Kier molecular flexibility index (Phi) is 6.30. The first kappa shape index (κ1) is 22.3. The third-order valence-electron chi connectivity index (χ3n) is 4.06.